The van der Waals surface area contributed by atoms with Gasteiger partial charge in [0, 0.05) is 25.6 Å². The summed E-state index contributed by atoms with van der Waals surface area (Å²) in [5, 5.41) is 3.60. The van der Waals surface area contributed by atoms with Crippen molar-refractivity contribution < 1.29 is 4.79 Å². The molecule has 0 aromatic heterocycles. The normalized spacial score (nSPS) is 21.7. The molecule has 1 saturated heterocycles. The minimum Gasteiger partial charge on any atom is -0.343 e. The van der Waals surface area contributed by atoms with Crippen LogP contribution in [-0.4, -0.2) is 36.5 Å². The van der Waals surface area contributed by atoms with Gasteiger partial charge in [0.05, 0.1) is 0 Å². The van der Waals surface area contributed by atoms with Gasteiger partial charge in [-0.15, -0.1) is 0 Å². The number of hydrogen-bond acceptors (Lipinski definition) is 2. The first-order valence-electron chi connectivity index (χ1n) is 9.09. The fraction of sp³-hybridized carbons (Fsp3) is 0.944. The summed E-state index contributed by atoms with van der Waals surface area (Å²) in [6, 6.07) is 0.621. The van der Waals surface area contributed by atoms with E-state index in [0.717, 1.165) is 44.8 Å². The van der Waals surface area contributed by atoms with Crippen LogP contribution in [0.2, 0.25) is 0 Å². The van der Waals surface area contributed by atoms with Crippen molar-refractivity contribution >= 4 is 5.91 Å². The average molecular weight is 296 g/mol. The molecular weight excluding hydrogens is 260 g/mol. The lowest BCUT2D eigenvalue weighted by molar-refractivity contribution is -0.130. The van der Waals surface area contributed by atoms with Crippen LogP contribution in [0.15, 0.2) is 0 Å². The highest BCUT2D eigenvalue weighted by Crippen LogP contribution is 2.25. The Morgan fingerprint density at radius 1 is 1.29 bits per heavy atom. The second-order valence-corrected chi connectivity index (χ2v) is 6.91. The van der Waals surface area contributed by atoms with Crippen LogP contribution in [0.1, 0.15) is 72.6 Å². The quantitative estimate of drug-likeness (QED) is 0.701. The summed E-state index contributed by atoms with van der Waals surface area (Å²) in [5.74, 6) is 1.82. The summed E-state index contributed by atoms with van der Waals surface area (Å²) in [5.41, 5.74) is 0. The van der Waals surface area contributed by atoms with E-state index >= 15 is 0 Å². The van der Waals surface area contributed by atoms with Crippen molar-refractivity contribution in [3.63, 3.8) is 0 Å². The topological polar surface area (TPSA) is 32.3 Å². The van der Waals surface area contributed by atoms with Crippen LogP contribution in [0.25, 0.3) is 0 Å². The van der Waals surface area contributed by atoms with Gasteiger partial charge in [-0.2, -0.15) is 0 Å². The molecule has 3 nitrogen and oxygen atoms in total. The number of carbonyl (C=O) groups is 1. The Morgan fingerprint density at radius 3 is 2.67 bits per heavy atom. The molecule has 0 saturated carbocycles. The van der Waals surface area contributed by atoms with E-state index in [-0.39, 0.29) is 0 Å². The molecular formula is C18H36N2O. The van der Waals surface area contributed by atoms with Crippen LogP contribution in [0.4, 0.5) is 0 Å². The zero-order valence-corrected chi connectivity index (χ0v) is 14.7. The monoisotopic (exact) mass is 296 g/mol. The number of nitrogens with one attached hydrogen (secondary N) is 1. The molecule has 0 radical (unpaired) electrons. The van der Waals surface area contributed by atoms with E-state index in [0.29, 0.717) is 17.9 Å². The third-order valence-corrected chi connectivity index (χ3v) is 4.95. The lowest BCUT2D eigenvalue weighted by atomic mass is 9.89. The van der Waals surface area contributed by atoms with Gasteiger partial charge in [-0.25, -0.2) is 0 Å². The Hall–Kier alpha value is -0.570. The Bertz CT molecular complexity index is 291. The predicted molar refractivity (Wildman–Crippen MR) is 90.4 cm³/mol. The SMILES string of the molecule is CCCNC(CC)CCCN1CCC(C(C)C)CCC1=O. The highest BCUT2D eigenvalue weighted by atomic mass is 16.2. The molecule has 0 bridgehead atoms. The first-order chi connectivity index (χ1) is 10.1. The fourth-order valence-electron chi connectivity index (χ4n) is 3.29. The van der Waals surface area contributed by atoms with E-state index in [1.807, 2.05) is 0 Å². The van der Waals surface area contributed by atoms with Gasteiger partial charge in [0.15, 0.2) is 0 Å². The van der Waals surface area contributed by atoms with Gasteiger partial charge in [0.1, 0.15) is 0 Å². The fourth-order valence-corrected chi connectivity index (χ4v) is 3.29. The number of likely N-dealkylation sites (tertiary alicyclic amines) is 1. The number of nitrogens with zero attached hydrogens (tertiary/aromatic N) is 1. The van der Waals surface area contributed by atoms with E-state index in [1.165, 1.54) is 25.7 Å². The number of amides is 1. The Kier molecular flexibility index (Phi) is 8.98. The van der Waals surface area contributed by atoms with Crippen LogP contribution < -0.4 is 5.32 Å². The zero-order chi connectivity index (χ0) is 15.7. The molecule has 0 aromatic carbocycles. The summed E-state index contributed by atoms with van der Waals surface area (Å²) in [4.78, 5) is 14.3. The van der Waals surface area contributed by atoms with Gasteiger partial charge in [0.25, 0.3) is 0 Å². The first-order valence-corrected chi connectivity index (χ1v) is 9.09. The third-order valence-electron chi connectivity index (χ3n) is 4.95. The smallest absolute Gasteiger partial charge is 0.222 e. The van der Waals surface area contributed by atoms with Gasteiger partial charge in [0.2, 0.25) is 5.91 Å². The van der Waals surface area contributed by atoms with E-state index in [1.54, 1.807) is 0 Å². The van der Waals surface area contributed by atoms with Gasteiger partial charge in [-0.1, -0.05) is 27.7 Å². The van der Waals surface area contributed by atoms with Gasteiger partial charge in [-0.3, -0.25) is 4.79 Å². The zero-order valence-electron chi connectivity index (χ0n) is 14.7. The molecule has 3 heteroatoms. The maximum absolute atomic E-state index is 12.2. The minimum atomic E-state index is 0.382. The van der Waals surface area contributed by atoms with E-state index in [4.69, 9.17) is 0 Å². The summed E-state index contributed by atoms with van der Waals surface area (Å²) in [7, 11) is 0. The van der Waals surface area contributed by atoms with Gasteiger partial charge in [-0.05, 0) is 56.9 Å². The molecule has 124 valence electrons. The predicted octanol–water partition coefficient (Wildman–Crippen LogP) is 3.83. The average Bonchev–Trinajstić information content (AvgIpc) is 2.65. The molecule has 2 atom stereocenters. The van der Waals surface area contributed by atoms with Crippen LogP contribution in [0, 0.1) is 11.8 Å². The maximum Gasteiger partial charge on any atom is 0.222 e. The number of carbonyl (C=O) groups excluding carboxylic acids is 1. The van der Waals surface area contributed by atoms with E-state index < -0.39 is 0 Å². The minimum absolute atomic E-state index is 0.382. The lowest BCUT2D eigenvalue weighted by Gasteiger charge is -2.23. The summed E-state index contributed by atoms with van der Waals surface area (Å²) in [6.45, 7) is 12.1. The van der Waals surface area contributed by atoms with Crippen molar-refractivity contribution in [3.8, 4) is 0 Å². The van der Waals surface area contributed by atoms with Crippen LogP contribution >= 0.6 is 0 Å². The van der Waals surface area contributed by atoms with Crippen LogP contribution in [-0.2, 0) is 4.79 Å². The maximum atomic E-state index is 12.2. The first kappa shape index (κ1) is 18.5. The molecule has 1 amide bonds. The number of rotatable bonds is 9. The second-order valence-electron chi connectivity index (χ2n) is 6.91. The van der Waals surface area contributed by atoms with Crippen molar-refractivity contribution in [2.24, 2.45) is 11.8 Å². The Morgan fingerprint density at radius 2 is 2.05 bits per heavy atom. The van der Waals surface area contributed by atoms with E-state index in [2.05, 4.69) is 37.9 Å². The molecule has 2 unspecified atom stereocenters. The molecule has 1 heterocycles. The van der Waals surface area contributed by atoms with E-state index in [9.17, 15) is 4.79 Å². The Balaban J connectivity index is 2.31. The molecule has 0 spiro atoms. The summed E-state index contributed by atoms with van der Waals surface area (Å²) in [6.07, 6.45) is 7.73. The molecule has 1 fully saturated rings. The van der Waals surface area contributed by atoms with Crippen molar-refractivity contribution in [2.75, 3.05) is 19.6 Å². The largest absolute Gasteiger partial charge is 0.343 e. The van der Waals surface area contributed by atoms with Gasteiger partial charge < -0.3 is 10.2 Å². The van der Waals surface area contributed by atoms with Crippen molar-refractivity contribution in [1.29, 1.82) is 0 Å². The molecule has 1 rings (SSSR count). The van der Waals surface area contributed by atoms with Crippen molar-refractivity contribution in [1.82, 2.24) is 10.2 Å². The molecule has 1 N–H and O–H groups in total. The third kappa shape index (κ3) is 6.82. The van der Waals surface area contributed by atoms with Crippen molar-refractivity contribution in [2.45, 2.75) is 78.7 Å². The second kappa shape index (κ2) is 10.2. The van der Waals surface area contributed by atoms with Crippen molar-refractivity contribution in [3.05, 3.63) is 0 Å². The Labute approximate surface area is 131 Å². The van der Waals surface area contributed by atoms with Gasteiger partial charge >= 0.3 is 0 Å². The molecule has 0 aliphatic carbocycles. The summed E-state index contributed by atoms with van der Waals surface area (Å²) >= 11 is 0. The number of hydrogen-bond donors (Lipinski definition) is 1. The lowest BCUT2D eigenvalue weighted by Crippen LogP contribution is -2.34. The highest BCUT2D eigenvalue weighted by Gasteiger charge is 2.23. The molecule has 0 aromatic rings. The standard InChI is InChI=1S/C18H36N2O/c1-5-12-19-17(6-2)8-7-13-20-14-11-16(15(3)4)9-10-18(20)21/h15-17,19H,5-14H2,1-4H3. The van der Waals surface area contributed by atoms with Crippen LogP contribution in [0.5, 0.6) is 0 Å². The highest BCUT2D eigenvalue weighted by molar-refractivity contribution is 5.76. The molecule has 1 aliphatic rings. The van der Waals surface area contributed by atoms with Crippen LogP contribution in [0.3, 0.4) is 0 Å². The summed E-state index contributed by atoms with van der Waals surface area (Å²) < 4.78 is 0. The molecule has 1 aliphatic heterocycles. The molecule has 21 heavy (non-hydrogen) atoms.